The third kappa shape index (κ3) is 4.75. The third-order valence-electron chi connectivity index (χ3n) is 2.58. The zero-order chi connectivity index (χ0) is 11.8. The Bertz CT molecular complexity index is 284. The topological polar surface area (TPSA) is 43.7 Å². The Morgan fingerprint density at radius 3 is 2.25 bits per heavy atom. The van der Waals surface area contributed by atoms with Crippen molar-refractivity contribution in [2.45, 2.75) is 19.9 Å². The van der Waals surface area contributed by atoms with Gasteiger partial charge in [0.25, 0.3) is 0 Å². The average molecular weight is 223 g/mol. The normalized spacial score (nSPS) is 11.0. The second kappa shape index (κ2) is 7.39. The summed E-state index contributed by atoms with van der Waals surface area (Å²) in [7, 11) is 0. The van der Waals surface area contributed by atoms with Crippen molar-refractivity contribution < 1.29 is 10.2 Å². The summed E-state index contributed by atoms with van der Waals surface area (Å²) in [6.07, 6.45) is 0.756. The van der Waals surface area contributed by atoms with E-state index in [4.69, 9.17) is 10.2 Å². The lowest BCUT2D eigenvalue weighted by molar-refractivity contribution is 0.174. The Morgan fingerprint density at radius 1 is 1.00 bits per heavy atom. The monoisotopic (exact) mass is 223 g/mol. The first kappa shape index (κ1) is 13.2. The minimum absolute atomic E-state index is 0.164. The van der Waals surface area contributed by atoms with Crippen molar-refractivity contribution in [1.82, 2.24) is 4.90 Å². The van der Waals surface area contributed by atoms with Gasteiger partial charge in [0.15, 0.2) is 0 Å². The summed E-state index contributed by atoms with van der Waals surface area (Å²) in [6.45, 7) is 4.76. The molecule has 0 unspecified atom stereocenters. The van der Waals surface area contributed by atoms with Gasteiger partial charge in [0.2, 0.25) is 0 Å². The van der Waals surface area contributed by atoms with Crippen molar-refractivity contribution in [1.29, 1.82) is 0 Å². The molecular formula is C13H21NO2. The van der Waals surface area contributed by atoms with E-state index in [0.29, 0.717) is 6.54 Å². The van der Waals surface area contributed by atoms with E-state index in [1.807, 2.05) is 0 Å². The predicted octanol–water partition coefficient (Wildman–Crippen LogP) is 1.17. The number of aryl methyl sites for hydroxylation is 1. The molecule has 3 heteroatoms. The fourth-order valence-corrected chi connectivity index (χ4v) is 1.66. The van der Waals surface area contributed by atoms with E-state index in [0.717, 1.165) is 19.5 Å². The van der Waals surface area contributed by atoms with Gasteiger partial charge in [0, 0.05) is 26.2 Å². The minimum Gasteiger partial charge on any atom is -0.396 e. The zero-order valence-corrected chi connectivity index (χ0v) is 9.89. The van der Waals surface area contributed by atoms with Crippen LogP contribution in [0.2, 0.25) is 0 Å². The van der Waals surface area contributed by atoms with E-state index in [2.05, 4.69) is 36.1 Å². The van der Waals surface area contributed by atoms with Crippen LogP contribution in [0.15, 0.2) is 24.3 Å². The Morgan fingerprint density at radius 2 is 1.69 bits per heavy atom. The molecule has 16 heavy (non-hydrogen) atoms. The van der Waals surface area contributed by atoms with Crippen LogP contribution in [0.4, 0.5) is 0 Å². The number of benzene rings is 1. The highest BCUT2D eigenvalue weighted by molar-refractivity contribution is 5.21. The molecule has 0 aliphatic rings. The van der Waals surface area contributed by atoms with E-state index in [9.17, 15) is 0 Å². The third-order valence-corrected chi connectivity index (χ3v) is 2.58. The SMILES string of the molecule is Cc1ccc(CN(CCO)CCCO)cc1. The summed E-state index contributed by atoms with van der Waals surface area (Å²) >= 11 is 0. The van der Waals surface area contributed by atoms with Gasteiger partial charge >= 0.3 is 0 Å². The van der Waals surface area contributed by atoms with E-state index in [1.54, 1.807) is 0 Å². The van der Waals surface area contributed by atoms with Crippen LogP contribution in [0, 0.1) is 6.92 Å². The molecule has 0 heterocycles. The van der Waals surface area contributed by atoms with Gasteiger partial charge in [-0.2, -0.15) is 0 Å². The van der Waals surface area contributed by atoms with Gasteiger partial charge in [-0.3, -0.25) is 4.90 Å². The van der Waals surface area contributed by atoms with Gasteiger partial charge in [-0.25, -0.2) is 0 Å². The maximum atomic E-state index is 8.95. The maximum absolute atomic E-state index is 8.95. The van der Waals surface area contributed by atoms with Crippen molar-refractivity contribution in [2.75, 3.05) is 26.3 Å². The molecule has 0 aliphatic heterocycles. The van der Waals surface area contributed by atoms with E-state index >= 15 is 0 Å². The number of aliphatic hydroxyl groups is 2. The maximum Gasteiger partial charge on any atom is 0.0558 e. The molecule has 90 valence electrons. The first-order valence-electron chi connectivity index (χ1n) is 5.76. The Hall–Kier alpha value is -0.900. The van der Waals surface area contributed by atoms with Crippen LogP contribution < -0.4 is 0 Å². The summed E-state index contributed by atoms with van der Waals surface area (Å²) in [5.41, 5.74) is 2.50. The molecule has 0 radical (unpaired) electrons. The van der Waals surface area contributed by atoms with Crippen LogP contribution in [0.1, 0.15) is 17.5 Å². The molecule has 1 rings (SSSR count). The van der Waals surface area contributed by atoms with Crippen LogP contribution >= 0.6 is 0 Å². The highest BCUT2D eigenvalue weighted by atomic mass is 16.3. The van der Waals surface area contributed by atoms with Crippen molar-refractivity contribution in [3.8, 4) is 0 Å². The van der Waals surface area contributed by atoms with Gasteiger partial charge in [0.05, 0.1) is 6.61 Å². The summed E-state index contributed by atoms with van der Waals surface area (Å²) in [5, 5.41) is 17.8. The van der Waals surface area contributed by atoms with Crippen LogP contribution in [0.5, 0.6) is 0 Å². The van der Waals surface area contributed by atoms with Gasteiger partial charge < -0.3 is 10.2 Å². The van der Waals surface area contributed by atoms with Crippen LogP contribution in [-0.2, 0) is 6.54 Å². The first-order valence-corrected chi connectivity index (χ1v) is 5.76. The van der Waals surface area contributed by atoms with E-state index < -0.39 is 0 Å². The minimum atomic E-state index is 0.164. The van der Waals surface area contributed by atoms with Crippen LogP contribution in [0.25, 0.3) is 0 Å². The lowest BCUT2D eigenvalue weighted by Crippen LogP contribution is -2.28. The Kier molecular flexibility index (Phi) is 6.08. The quantitative estimate of drug-likeness (QED) is 0.729. The molecule has 0 amide bonds. The van der Waals surface area contributed by atoms with Crippen molar-refractivity contribution >= 4 is 0 Å². The lowest BCUT2D eigenvalue weighted by Gasteiger charge is -2.20. The molecular weight excluding hydrogens is 202 g/mol. The van der Waals surface area contributed by atoms with Crippen LogP contribution in [-0.4, -0.2) is 41.4 Å². The number of aliphatic hydroxyl groups excluding tert-OH is 2. The Labute approximate surface area is 97.3 Å². The molecule has 1 aromatic rings. The van der Waals surface area contributed by atoms with Crippen molar-refractivity contribution in [3.63, 3.8) is 0 Å². The molecule has 0 spiro atoms. The first-order chi connectivity index (χ1) is 7.76. The summed E-state index contributed by atoms with van der Waals surface area (Å²) in [4.78, 5) is 2.15. The Balaban J connectivity index is 2.49. The van der Waals surface area contributed by atoms with E-state index in [-0.39, 0.29) is 13.2 Å². The summed E-state index contributed by atoms with van der Waals surface area (Å²) in [5.74, 6) is 0. The van der Waals surface area contributed by atoms with Crippen molar-refractivity contribution in [3.05, 3.63) is 35.4 Å². The molecule has 0 aliphatic carbocycles. The van der Waals surface area contributed by atoms with E-state index in [1.165, 1.54) is 11.1 Å². The van der Waals surface area contributed by atoms with Gasteiger partial charge in [-0.15, -0.1) is 0 Å². The van der Waals surface area contributed by atoms with Gasteiger partial charge in [-0.05, 0) is 18.9 Å². The molecule has 2 N–H and O–H groups in total. The lowest BCUT2D eigenvalue weighted by atomic mass is 10.1. The second-order valence-corrected chi connectivity index (χ2v) is 4.06. The molecule has 0 fully saturated rings. The molecule has 0 saturated carbocycles. The number of nitrogens with zero attached hydrogens (tertiary/aromatic N) is 1. The molecule has 0 aromatic heterocycles. The molecule has 0 bridgehead atoms. The molecule has 3 nitrogen and oxygen atoms in total. The molecule has 1 aromatic carbocycles. The predicted molar refractivity (Wildman–Crippen MR) is 65.2 cm³/mol. The number of hydrogen-bond donors (Lipinski definition) is 2. The summed E-state index contributed by atoms with van der Waals surface area (Å²) < 4.78 is 0. The highest BCUT2D eigenvalue weighted by Gasteiger charge is 2.04. The zero-order valence-electron chi connectivity index (χ0n) is 9.89. The fraction of sp³-hybridized carbons (Fsp3) is 0.538. The van der Waals surface area contributed by atoms with Crippen LogP contribution in [0.3, 0.4) is 0 Å². The fourth-order valence-electron chi connectivity index (χ4n) is 1.66. The van der Waals surface area contributed by atoms with Crippen molar-refractivity contribution in [2.24, 2.45) is 0 Å². The smallest absolute Gasteiger partial charge is 0.0558 e. The number of rotatable bonds is 7. The molecule has 0 atom stereocenters. The summed E-state index contributed by atoms with van der Waals surface area (Å²) in [6, 6.07) is 8.41. The highest BCUT2D eigenvalue weighted by Crippen LogP contribution is 2.07. The second-order valence-electron chi connectivity index (χ2n) is 4.06. The standard InChI is InChI=1S/C13H21NO2/c1-12-3-5-13(6-4-12)11-14(8-10-16)7-2-9-15/h3-6,15-16H,2,7-11H2,1H3. The largest absolute Gasteiger partial charge is 0.396 e. The van der Waals surface area contributed by atoms with Gasteiger partial charge in [-0.1, -0.05) is 29.8 Å². The average Bonchev–Trinajstić information content (AvgIpc) is 2.29. The van der Waals surface area contributed by atoms with Gasteiger partial charge in [0.1, 0.15) is 0 Å². The molecule has 0 saturated heterocycles. The number of hydrogen-bond acceptors (Lipinski definition) is 3.